The lowest BCUT2D eigenvalue weighted by Crippen LogP contribution is -2.48. The van der Waals surface area contributed by atoms with Crippen LogP contribution in [0.25, 0.3) is 10.2 Å². The maximum Gasteiger partial charge on any atom is 0.338 e. The van der Waals surface area contributed by atoms with Crippen molar-refractivity contribution in [3.8, 4) is 0 Å². The van der Waals surface area contributed by atoms with Gasteiger partial charge in [0, 0.05) is 13.1 Å². The molecular formula is C21H22N2O5S2. The third-order valence-corrected chi connectivity index (χ3v) is 7.60. The fourth-order valence-corrected chi connectivity index (χ4v) is 5.97. The zero-order valence-corrected chi connectivity index (χ0v) is 18.3. The molecule has 0 spiro atoms. The molecule has 1 aromatic heterocycles. The average Bonchev–Trinajstić information content (AvgIpc) is 3.14. The molecule has 158 valence electrons. The summed E-state index contributed by atoms with van der Waals surface area (Å²) >= 11 is 1.46. The zero-order chi connectivity index (χ0) is 21.3. The number of carbonyl (C=O) groups is 1. The van der Waals surface area contributed by atoms with Crippen molar-refractivity contribution in [3.63, 3.8) is 0 Å². The Labute approximate surface area is 179 Å². The summed E-state index contributed by atoms with van der Waals surface area (Å²) in [5.74, 6) is -0.588. The first-order valence-corrected chi connectivity index (χ1v) is 11.9. The first-order valence-electron chi connectivity index (χ1n) is 9.60. The van der Waals surface area contributed by atoms with Crippen LogP contribution in [0.2, 0.25) is 0 Å². The molecule has 1 saturated heterocycles. The number of nitrogens with zero attached hydrogens (tertiary/aromatic N) is 2. The lowest BCUT2D eigenvalue weighted by Gasteiger charge is -2.34. The van der Waals surface area contributed by atoms with Crippen molar-refractivity contribution in [1.29, 1.82) is 0 Å². The van der Waals surface area contributed by atoms with Gasteiger partial charge in [-0.2, -0.15) is 4.31 Å². The van der Waals surface area contributed by atoms with E-state index in [1.54, 1.807) is 12.1 Å². The second-order valence-electron chi connectivity index (χ2n) is 7.26. The Morgan fingerprint density at radius 1 is 1.17 bits per heavy atom. The minimum atomic E-state index is -3.73. The van der Waals surface area contributed by atoms with Crippen molar-refractivity contribution >= 4 is 37.5 Å². The molecule has 0 bridgehead atoms. The van der Waals surface area contributed by atoms with E-state index in [-0.39, 0.29) is 42.4 Å². The maximum atomic E-state index is 13.0. The van der Waals surface area contributed by atoms with Gasteiger partial charge >= 0.3 is 5.97 Å². The van der Waals surface area contributed by atoms with Crippen molar-refractivity contribution in [2.45, 2.75) is 37.6 Å². The van der Waals surface area contributed by atoms with Gasteiger partial charge in [0.1, 0.15) is 11.6 Å². The lowest BCUT2D eigenvalue weighted by molar-refractivity contribution is -0.0440. The molecule has 2 heterocycles. The summed E-state index contributed by atoms with van der Waals surface area (Å²) in [5, 5.41) is 0.685. The molecule has 0 N–H and O–H groups in total. The van der Waals surface area contributed by atoms with E-state index in [0.29, 0.717) is 5.01 Å². The van der Waals surface area contributed by atoms with Crippen LogP contribution >= 0.6 is 11.3 Å². The maximum absolute atomic E-state index is 13.0. The molecular weight excluding hydrogens is 424 g/mol. The van der Waals surface area contributed by atoms with E-state index in [0.717, 1.165) is 10.2 Å². The van der Waals surface area contributed by atoms with Crippen LogP contribution in [0.15, 0.2) is 53.4 Å². The predicted octanol–water partition coefficient (Wildman–Crippen LogP) is 3.45. The molecule has 0 saturated carbocycles. The van der Waals surface area contributed by atoms with Gasteiger partial charge in [-0.15, -0.1) is 11.3 Å². The number of hydrogen-bond donors (Lipinski definition) is 0. The Bertz CT molecular complexity index is 1130. The number of aromatic nitrogens is 1. The van der Waals surface area contributed by atoms with Gasteiger partial charge in [-0.25, -0.2) is 18.2 Å². The summed E-state index contributed by atoms with van der Waals surface area (Å²) in [7, 11) is -3.73. The van der Waals surface area contributed by atoms with E-state index >= 15 is 0 Å². The number of benzene rings is 2. The molecule has 7 nitrogen and oxygen atoms in total. The van der Waals surface area contributed by atoms with Gasteiger partial charge in [-0.05, 0) is 44.2 Å². The summed E-state index contributed by atoms with van der Waals surface area (Å²) in [5.41, 5.74) is 1.04. The molecule has 3 aromatic rings. The Kier molecular flexibility index (Phi) is 5.88. The fraction of sp³-hybridized carbons (Fsp3) is 0.333. The molecule has 0 amide bonds. The minimum absolute atomic E-state index is 0.0354. The van der Waals surface area contributed by atoms with Gasteiger partial charge < -0.3 is 9.47 Å². The Morgan fingerprint density at radius 3 is 2.63 bits per heavy atom. The third-order valence-electron chi connectivity index (χ3n) is 4.76. The van der Waals surface area contributed by atoms with Gasteiger partial charge in [0.25, 0.3) is 0 Å². The average molecular weight is 447 g/mol. The topological polar surface area (TPSA) is 85.8 Å². The van der Waals surface area contributed by atoms with Crippen LogP contribution in [-0.2, 0) is 26.1 Å². The van der Waals surface area contributed by atoms with E-state index in [9.17, 15) is 13.2 Å². The van der Waals surface area contributed by atoms with Gasteiger partial charge in [-0.1, -0.05) is 18.2 Å². The van der Waals surface area contributed by atoms with Crippen LogP contribution in [0.1, 0.15) is 29.2 Å². The van der Waals surface area contributed by atoms with Gasteiger partial charge in [0.2, 0.25) is 10.0 Å². The van der Waals surface area contributed by atoms with Crippen molar-refractivity contribution in [3.05, 3.63) is 59.1 Å². The number of thiazole rings is 1. The molecule has 2 aromatic carbocycles. The normalized spacial score (nSPS) is 20.3. The summed E-state index contributed by atoms with van der Waals surface area (Å²) < 4.78 is 39.5. The molecule has 4 rings (SSSR count). The van der Waals surface area contributed by atoms with Crippen LogP contribution in [0, 0.1) is 0 Å². The number of hydrogen-bond acceptors (Lipinski definition) is 7. The van der Waals surface area contributed by atoms with E-state index in [1.807, 2.05) is 38.1 Å². The number of fused-ring (bicyclic) bond motifs is 1. The summed E-state index contributed by atoms with van der Waals surface area (Å²) in [4.78, 5) is 17.0. The molecule has 0 radical (unpaired) electrons. The number of ether oxygens (including phenoxy) is 2. The fourth-order valence-electron chi connectivity index (χ4n) is 3.45. The Balaban J connectivity index is 1.48. The summed E-state index contributed by atoms with van der Waals surface area (Å²) in [6.07, 6.45) is -0.379. The summed E-state index contributed by atoms with van der Waals surface area (Å²) in [6.45, 7) is 4.27. The van der Waals surface area contributed by atoms with Crippen LogP contribution < -0.4 is 0 Å². The third kappa shape index (κ3) is 4.39. The molecule has 1 aliphatic rings. The predicted molar refractivity (Wildman–Crippen MR) is 114 cm³/mol. The number of rotatable bonds is 5. The second-order valence-corrected chi connectivity index (χ2v) is 10.3. The molecule has 0 unspecified atom stereocenters. The number of carbonyl (C=O) groups excluding carboxylic acids is 1. The van der Waals surface area contributed by atoms with Crippen molar-refractivity contribution in [2.24, 2.45) is 0 Å². The van der Waals surface area contributed by atoms with Crippen molar-refractivity contribution in [1.82, 2.24) is 9.29 Å². The van der Waals surface area contributed by atoms with Gasteiger partial charge in [0.05, 0.1) is 32.9 Å². The quantitative estimate of drug-likeness (QED) is 0.558. The van der Waals surface area contributed by atoms with Gasteiger partial charge in [0.15, 0.2) is 0 Å². The molecule has 9 heteroatoms. The Morgan fingerprint density at radius 2 is 1.90 bits per heavy atom. The van der Waals surface area contributed by atoms with Crippen LogP contribution in [-0.4, -0.2) is 49.0 Å². The number of esters is 1. The smallest absolute Gasteiger partial charge is 0.338 e. The van der Waals surface area contributed by atoms with Crippen LogP contribution in [0.5, 0.6) is 0 Å². The highest BCUT2D eigenvalue weighted by molar-refractivity contribution is 7.89. The SMILES string of the molecule is C[C@@H]1CN(S(=O)(=O)c2cccc(C(=O)OCc3nc4ccccc4s3)c2)C[C@H](C)O1. The van der Waals surface area contributed by atoms with Crippen LogP contribution in [0.4, 0.5) is 0 Å². The zero-order valence-electron chi connectivity index (χ0n) is 16.6. The molecule has 0 aliphatic carbocycles. The molecule has 2 atom stereocenters. The number of sulfonamides is 1. The number of para-hydroxylation sites is 1. The van der Waals surface area contributed by atoms with Gasteiger partial charge in [-0.3, -0.25) is 0 Å². The standard InChI is InChI=1S/C21H22N2O5S2/c1-14-11-23(12-15(2)28-14)30(25,26)17-7-5-6-16(10-17)21(24)27-13-20-22-18-8-3-4-9-19(18)29-20/h3-10,14-15H,11-13H2,1-2H3/t14-,15+. The highest BCUT2D eigenvalue weighted by Gasteiger charge is 2.32. The van der Waals surface area contributed by atoms with E-state index in [1.165, 1.54) is 27.8 Å². The lowest BCUT2D eigenvalue weighted by atomic mass is 10.2. The summed E-state index contributed by atoms with van der Waals surface area (Å²) in [6, 6.07) is 13.6. The van der Waals surface area contributed by atoms with Crippen LogP contribution in [0.3, 0.4) is 0 Å². The monoisotopic (exact) mass is 446 g/mol. The van der Waals surface area contributed by atoms with E-state index < -0.39 is 16.0 Å². The highest BCUT2D eigenvalue weighted by Crippen LogP contribution is 2.24. The van der Waals surface area contributed by atoms with E-state index in [4.69, 9.17) is 9.47 Å². The van der Waals surface area contributed by atoms with E-state index in [2.05, 4.69) is 4.98 Å². The minimum Gasteiger partial charge on any atom is -0.455 e. The first-order chi connectivity index (χ1) is 14.3. The second kappa shape index (κ2) is 8.43. The molecule has 1 fully saturated rings. The molecule has 30 heavy (non-hydrogen) atoms. The number of morpholine rings is 1. The first kappa shape index (κ1) is 20.9. The Hall–Kier alpha value is -2.33. The van der Waals surface area contributed by atoms with Crippen molar-refractivity contribution < 1.29 is 22.7 Å². The molecule has 1 aliphatic heterocycles. The highest BCUT2D eigenvalue weighted by atomic mass is 32.2. The van der Waals surface area contributed by atoms with Crippen molar-refractivity contribution in [2.75, 3.05) is 13.1 Å². The largest absolute Gasteiger partial charge is 0.455 e.